The predicted molar refractivity (Wildman–Crippen MR) is 100 cm³/mol. The highest BCUT2D eigenvalue weighted by molar-refractivity contribution is 5.76. The molecule has 29 heavy (non-hydrogen) atoms. The van der Waals surface area contributed by atoms with Crippen LogP contribution in [0, 0.1) is 5.82 Å². The first kappa shape index (κ1) is 18.8. The van der Waals surface area contributed by atoms with Gasteiger partial charge in [0.1, 0.15) is 17.4 Å². The number of benzene rings is 1. The summed E-state index contributed by atoms with van der Waals surface area (Å²) in [4.78, 5) is 4.57. The molecule has 0 radical (unpaired) electrons. The summed E-state index contributed by atoms with van der Waals surface area (Å²) in [5.41, 5.74) is 2.51. The Labute approximate surface area is 163 Å². The molecule has 3 aromatic heterocycles. The minimum Gasteiger partial charge on any atom is -0.434 e. The second-order valence-corrected chi connectivity index (χ2v) is 6.47. The molecule has 0 amide bonds. The van der Waals surface area contributed by atoms with Crippen LogP contribution in [-0.4, -0.2) is 31.0 Å². The molecule has 150 valence electrons. The number of aromatic nitrogens is 5. The lowest BCUT2D eigenvalue weighted by Gasteiger charge is -2.19. The molecular weight excluding hydrogens is 385 g/mol. The number of aryl methyl sites for hydroxylation is 1. The van der Waals surface area contributed by atoms with Gasteiger partial charge in [-0.2, -0.15) is 19.0 Å². The van der Waals surface area contributed by atoms with Gasteiger partial charge in [0.15, 0.2) is 5.65 Å². The quantitative estimate of drug-likeness (QED) is 0.527. The van der Waals surface area contributed by atoms with Gasteiger partial charge in [-0.25, -0.2) is 13.9 Å². The van der Waals surface area contributed by atoms with Gasteiger partial charge in [0.2, 0.25) is 0 Å². The summed E-state index contributed by atoms with van der Waals surface area (Å²) in [6.07, 6.45) is 6.97. The maximum atomic E-state index is 13.7. The standard InChI is InChI=1S/C19H17F3N6O/c1-11(14-7-13(20)3-4-16(14)29-19(21)22)25-17-5-6-28-18(26-17)15(9-24-28)12-8-23-27(2)10-12/h3-11,19H,1-2H3,(H,25,26)/t11-/m1/s1. The van der Waals surface area contributed by atoms with Gasteiger partial charge < -0.3 is 10.1 Å². The Morgan fingerprint density at radius 2 is 1.97 bits per heavy atom. The summed E-state index contributed by atoms with van der Waals surface area (Å²) >= 11 is 0. The normalized spacial score (nSPS) is 12.5. The smallest absolute Gasteiger partial charge is 0.387 e. The Hall–Kier alpha value is -3.56. The van der Waals surface area contributed by atoms with Gasteiger partial charge in [0.25, 0.3) is 0 Å². The summed E-state index contributed by atoms with van der Waals surface area (Å²) < 4.78 is 46.8. The molecule has 0 spiro atoms. The minimum absolute atomic E-state index is 0.0946. The Bertz CT molecular complexity index is 1160. The first-order chi connectivity index (χ1) is 13.9. The molecule has 0 aliphatic heterocycles. The molecule has 0 unspecified atom stereocenters. The second kappa shape index (κ2) is 7.46. The van der Waals surface area contributed by atoms with Crippen LogP contribution in [0.3, 0.4) is 0 Å². The van der Waals surface area contributed by atoms with Crippen molar-refractivity contribution in [3.05, 3.63) is 60.4 Å². The minimum atomic E-state index is -3.00. The van der Waals surface area contributed by atoms with Crippen molar-refractivity contribution in [2.24, 2.45) is 7.05 Å². The van der Waals surface area contributed by atoms with E-state index in [9.17, 15) is 13.2 Å². The first-order valence-electron chi connectivity index (χ1n) is 8.75. The van der Waals surface area contributed by atoms with Crippen molar-refractivity contribution in [2.45, 2.75) is 19.6 Å². The van der Waals surface area contributed by atoms with Gasteiger partial charge in [-0.15, -0.1) is 0 Å². The first-order valence-corrected chi connectivity index (χ1v) is 8.75. The van der Waals surface area contributed by atoms with E-state index in [-0.39, 0.29) is 11.3 Å². The number of nitrogens with zero attached hydrogens (tertiary/aromatic N) is 5. The number of rotatable bonds is 6. The van der Waals surface area contributed by atoms with Crippen molar-refractivity contribution in [3.8, 4) is 16.9 Å². The van der Waals surface area contributed by atoms with Gasteiger partial charge in [0, 0.05) is 36.1 Å². The second-order valence-electron chi connectivity index (χ2n) is 6.47. The average molecular weight is 402 g/mol. The van der Waals surface area contributed by atoms with Crippen molar-refractivity contribution in [1.82, 2.24) is 24.4 Å². The van der Waals surface area contributed by atoms with Crippen molar-refractivity contribution >= 4 is 11.5 Å². The largest absolute Gasteiger partial charge is 0.434 e. The van der Waals surface area contributed by atoms with Gasteiger partial charge in [0.05, 0.1) is 18.4 Å². The van der Waals surface area contributed by atoms with Crippen molar-refractivity contribution in [1.29, 1.82) is 0 Å². The Morgan fingerprint density at radius 1 is 1.14 bits per heavy atom. The molecule has 3 heterocycles. The fourth-order valence-electron chi connectivity index (χ4n) is 3.07. The summed E-state index contributed by atoms with van der Waals surface area (Å²) in [5.74, 6) is -0.167. The van der Waals surface area contributed by atoms with Gasteiger partial charge in [-0.1, -0.05) is 0 Å². The molecule has 1 N–H and O–H groups in total. The number of anilines is 1. The van der Waals surface area contributed by atoms with Gasteiger partial charge in [-0.05, 0) is 31.2 Å². The average Bonchev–Trinajstić information content (AvgIpc) is 3.28. The zero-order valence-corrected chi connectivity index (χ0v) is 15.6. The molecule has 7 nitrogen and oxygen atoms in total. The van der Waals surface area contributed by atoms with Crippen LogP contribution in [0.15, 0.2) is 49.1 Å². The van der Waals surface area contributed by atoms with Crippen LogP contribution in [0.2, 0.25) is 0 Å². The zero-order chi connectivity index (χ0) is 20.5. The molecule has 0 aliphatic rings. The van der Waals surface area contributed by atoms with Crippen molar-refractivity contribution in [3.63, 3.8) is 0 Å². The molecule has 0 fully saturated rings. The molecule has 0 bridgehead atoms. The Balaban J connectivity index is 1.65. The Kier molecular flexibility index (Phi) is 4.83. The van der Waals surface area contributed by atoms with E-state index in [0.717, 1.165) is 23.3 Å². The molecule has 10 heteroatoms. The summed E-state index contributed by atoms with van der Waals surface area (Å²) in [6, 6.07) is 4.57. The topological polar surface area (TPSA) is 69.3 Å². The monoisotopic (exact) mass is 402 g/mol. The Morgan fingerprint density at radius 3 is 2.69 bits per heavy atom. The lowest BCUT2D eigenvalue weighted by atomic mass is 10.1. The number of halogens is 3. The van der Waals surface area contributed by atoms with Crippen LogP contribution in [-0.2, 0) is 7.05 Å². The molecule has 1 aromatic carbocycles. The molecular formula is C19H17F3N6O. The maximum Gasteiger partial charge on any atom is 0.387 e. The number of fused-ring (bicyclic) bond motifs is 1. The fraction of sp³-hybridized carbons (Fsp3) is 0.211. The third kappa shape index (κ3) is 3.86. The number of ether oxygens (including phenoxy) is 1. The lowest BCUT2D eigenvalue weighted by molar-refractivity contribution is -0.0505. The van der Waals surface area contributed by atoms with E-state index in [4.69, 9.17) is 0 Å². The van der Waals surface area contributed by atoms with Crippen molar-refractivity contribution < 1.29 is 17.9 Å². The third-order valence-electron chi connectivity index (χ3n) is 4.40. The molecule has 4 rings (SSSR count). The van der Waals surface area contributed by atoms with E-state index < -0.39 is 18.5 Å². The summed E-state index contributed by atoms with van der Waals surface area (Å²) in [6.45, 7) is -1.30. The lowest BCUT2D eigenvalue weighted by Crippen LogP contribution is -2.12. The molecule has 0 aliphatic carbocycles. The number of hydrogen-bond donors (Lipinski definition) is 1. The predicted octanol–water partition coefficient (Wildman–Crippen LogP) is 4.04. The third-order valence-corrected chi connectivity index (χ3v) is 4.40. The van der Waals surface area contributed by atoms with E-state index in [1.807, 2.05) is 13.2 Å². The van der Waals surface area contributed by atoms with Crippen LogP contribution in [0.1, 0.15) is 18.5 Å². The van der Waals surface area contributed by atoms with E-state index in [2.05, 4.69) is 25.2 Å². The van der Waals surface area contributed by atoms with Crippen molar-refractivity contribution in [2.75, 3.05) is 5.32 Å². The molecule has 0 saturated heterocycles. The van der Waals surface area contributed by atoms with E-state index >= 15 is 0 Å². The summed E-state index contributed by atoms with van der Waals surface area (Å²) in [5, 5.41) is 11.5. The maximum absolute atomic E-state index is 13.7. The number of nitrogens with one attached hydrogen (secondary N) is 1. The number of hydrogen-bond acceptors (Lipinski definition) is 5. The molecule has 1 atom stereocenters. The zero-order valence-electron chi connectivity index (χ0n) is 15.6. The highest BCUT2D eigenvalue weighted by Gasteiger charge is 2.17. The van der Waals surface area contributed by atoms with Crippen LogP contribution in [0.4, 0.5) is 19.0 Å². The summed E-state index contributed by atoms with van der Waals surface area (Å²) in [7, 11) is 1.81. The fourth-order valence-corrected chi connectivity index (χ4v) is 3.07. The molecule has 4 aromatic rings. The highest BCUT2D eigenvalue weighted by atomic mass is 19.3. The number of alkyl halides is 2. The van der Waals surface area contributed by atoms with Crippen LogP contribution < -0.4 is 10.1 Å². The van der Waals surface area contributed by atoms with Crippen LogP contribution >= 0.6 is 0 Å². The van der Waals surface area contributed by atoms with E-state index in [0.29, 0.717) is 11.5 Å². The van der Waals surface area contributed by atoms with E-state index in [1.54, 1.807) is 40.8 Å². The molecule has 0 saturated carbocycles. The highest BCUT2D eigenvalue weighted by Crippen LogP contribution is 2.30. The van der Waals surface area contributed by atoms with Crippen LogP contribution in [0.25, 0.3) is 16.8 Å². The van der Waals surface area contributed by atoms with E-state index in [1.165, 1.54) is 6.07 Å². The van der Waals surface area contributed by atoms with Gasteiger partial charge >= 0.3 is 6.61 Å². The van der Waals surface area contributed by atoms with Crippen LogP contribution in [0.5, 0.6) is 5.75 Å². The van der Waals surface area contributed by atoms with Gasteiger partial charge in [-0.3, -0.25) is 4.68 Å². The SMILES string of the molecule is C[C@@H](Nc1ccn2ncc(-c3cnn(C)c3)c2n1)c1cc(F)ccc1OC(F)F.